The van der Waals surface area contributed by atoms with Crippen molar-refractivity contribution in [2.24, 2.45) is 0 Å². The van der Waals surface area contributed by atoms with Crippen LogP contribution in [0.5, 0.6) is 5.75 Å². The molecule has 3 nitrogen and oxygen atoms in total. The summed E-state index contributed by atoms with van der Waals surface area (Å²) in [5.74, 6) is 0.584. The Morgan fingerprint density at radius 1 is 1.47 bits per heavy atom. The van der Waals surface area contributed by atoms with Crippen molar-refractivity contribution < 1.29 is 14.3 Å². The standard InChI is InChI=1S/C11H13ClO3/c1-3-15-11(13)10-5-4-9(14-2)6-8(10)7-12/h4-6H,3,7H2,1-2H3. The Bertz CT molecular complexity index is 350. The van der Waals surface area contributed by atoms with Crippen LogP contribution in [0.25, 0.3) is 0 Å². The van der Waals surface area contributed by atoms with E-state index in [1.807, 2.05) is 0 Å². The molecule has 82 valence electrons. The maximum Gasteiger partial charge on any atom is 0.338 e. The molecule has 0 heterocycles. The predicted molar refractivity (Wildman–Crippen MR) is 58.5 cm³/mol. The summed E-state index contributed by atoms with van der Waals surface area (Å²) in [5.41, 5.74) is 1.21. The van der Waals surface area contributed by atoms with Gasteiger partial charge in [0.25, 0.3) is 0 Å². The number of hydrogen-bond donors (Lipinski definition) is 0. The maximum absolute atomic E-state index is 11.5. The summed E-state index contributed by atoms with van der Waals surface area (Å²) in [6.45, 7) is 2.12. The number of alkyl halides is 1. The SMILES string of the molecule is CCOC(=O)c1ccc(OC)cc1CCl. The minimum absolute atomic E-state index is 0.255. The number of ether oxygens (including phenoxy) is 2. The summed E-state index contributed by atoms with van der Waals surface area (Å²) in [6, 6.07) is 5.11. The second-order valence-corrected chi connectivity index (χ2v) is 3.14. The average Bonchev–Trinajstić information content (AvgIpc) is 2.28. The van der Waals surface area contributed by atoms with E-state index < -0.39 is 0 Å². The largest absolute Gasteiger partial charge is 0.497 e. The number of rotatable bonds is 4. The molecule has 0 aliphatic rings. The van der Waals surface area contributed by atoms with Crippen molar-refractivity contribution in [2.75, 3.05) is 13.7 Å². The highest BCUT2D eigenvalue weighted by Gasteiger charge is 2.12. The van der Waals surface area contributed by atoms with Crippen molar-refractivity contribution in [3.05, 3.63) is 29.3 Å². The van der Waals surface area contributed by atoms with E-state index in [4.69, 9.17) is 21.1 Å². The van der Waals surface area contributed by atoms with Crippen LogP contribution in [0.4, 0.5) is 0 Å². The number of carbonyl (C=O) groups is 1. The van der Waals surface area contributed by atoms with Crippen molar-refractivity contribution in [1.29, 1.82) is 0 Å². The molecule has 4 heteroatoms. The van der Waals surface area contributed by atoms with Crippen LogP contribution >= 0.6 is 11.6 Å². The van der Waals surface area contributed by atoms with Crippen molar-refractivity contribution >= 4 is 17.6 Å². The first-order chi connectivity index (χ1) is 7.22. The van der Waals surface area contributed by atoms with Crippen molar-refractivity contribution in [3.63, 3.8) is 0 Å². The van der Waals surface area contributed by atoms with Crippen molar-refractivity contribution in [1.82, 2.24) is 0 Å². The Kier molecular flexibility index (Phi) is 4.43. The predicted octanol–water partition coefficient (Wildman–Crippen LogP) is 2.61. The van der Waals surface area contributed by atoms with Gasteiger partial charge < -0.3 is 9.47 Å². The summed E-state index contributed by atoms with van der Waals surface area (Å²) in [6.07, 6.45) is 0. The second kappa shape index (κ2) is 5.61. The fourth-order valence-electron chi connectivity index (χ4n) is 1.22. The van der Waals surface area contributed by atoms with Crippen LogP contribution in [0.2, 0.25) is 0 Å². The van der Waals surface area contributed by atoms with Crippen LogP contribution in [0.1, 0.15) is 22.8 Å². The zero-order chi connectivity index (χ0) is 11.3. The Morgan fingerprint density at radius 2 is 2.20 bits per heavy atom. The van der Waals surface area contributed by atoms with Gasteiger partial charge in [-0.1, -0.05) is 0 Å². The summed E-state index contributed by atoms with van der Waals surface area (Å²) in [4.78, 5) is 11.5. The molecule has 0 N–H and O–H groups in total. The van der Waals surface area contributed by atoms with Crippen LogP contribution in [-0.4, -0.2) is 19.7 Å². The van der Waals surface area contributed by atoms with E-state index in [0.717, 1.165) is 5.56 Å². The van der Waals surface area contributed by atoms with Gasteiger partial charge in [0.05, 0.1) is 19.3 Å². The third-order valence-electron chi connectivity index (χ3n) is 1.95. The van der Waals surface area contributed by atoms with Crippen LogP contribution in [0.15, 0.2) is 18.2 Å². The van der Waals surface area contributed by atoms with E-state index in [1.165, 1.54) is 0 Å². The van der Waals surface area contributed by atoms with Crippen LogP contribution < -0.4 is 4.74 Å². The maximum atomic E-state index is 11.5. The fraction of sp³-hybridized carbons (Fsp3) is 0.364. The van der Waals surface area contributed by atoms with E-state index in [1.54, 1.807) is 32.2 Å². The molecule has 0 amide bonds. The second-order valence-electron chi connectivity index (χ2n) is 2.88. The summed E-state index contributed by atoms with van der Waals surface area (Å²) in [5, 5.41) is 0. The third kappa shape index (κ3) is 2.86. The molecule has 0 unspecified atom stereocenters. The first kappa shape index (κ1) is 11.9. The number of carbonyl (C=O) groups excluding carboxylic acids is 1. The summed E-state index contributed by atoms with van der Waals surface area (Å²) in [7, 11) is 1.57. The van der Waals surface area contributed by atoms with Crippen LogP contribution in [0.3, 0.4) is 0 Å². The monoisotopic (exact) mass is 228 g/mol. The highest BCUT2D eigenvalue weighted by atomic mass is 35.5. The zero-order valence-electron chi connectivity index (χ0n) is 8.75. The fourth-order valence-corrected chi connectivity index (χ4v) is 1.44. The molecule has 0 spiro atoms. The molecule has 0 fully saturated rings. The quantitative estimate of drug-likeness (QED) is 0.587. The van der Waals surface area contributed by atoms with E-state index in [9.17, 15) is 4.79 Å². The number of hydrogen-bond acceptors (Lipinski definition) is 3. The first-order valence-corrected chi connectivity index (χ1v) is 5.16. The Labute approximate surface area is 93.9 Å². The lowest BCUT2D eigenvalue weighted by molar-refractivity contribution is 0.0525. The minimum atomic E-state index is -0.351. The zero-order valence-corrected chi connectivity index (χ0v) is 9.50. The van der Waals surface area contributed by atoms with E-state index >= 15 is 0 Å². The topological polar surface area (TPSA) is 35.5 Å². The van der Waals surface area contributed by atoms with Gasteiger partial charge in [-0.05, 0) is 30.7 Å². The molecule has 1 aromatic rings. The van der Waals surface area contributed by atoms with Gasteiger partial charge in [0.2, 0.25) is 0 Å². The molecule has 1 aromatic carbocycles. The van der Waals surface area contributed by atoms with Crippen molar-refractivity contribution in [2.45, 2.75) is 12.8 Å². The van der Waals surface area contributed by atoms with Crippen LogP contribution in [-0.2, 0) is 10.6 Å². The molecule has 0 aromatic heterocycles. The van der Waals surface area contributed by atoms with Gasteiger partial charge in [0.15, 0.2) is 0 Å². The number of methoxy groups -OCH3 is 1. The molecule has 0 bridgehead atoms. The van der Waals surface area contributed by atoms with Gasteiger partial charge >= 0.3 is 5.97 Å². The first-order valence-electron chi connectivity index (χ1n) is 4.63. The van der Waals surface area contributed by atoms with Crippen molar-refractivity contribution in [3.8, 4) is 5.75 Å². The molecule has 0 atom stereocenters. The molecule has 0 radical (unpaired) electrons. The number of esters is 1. The van der Waals surface area contributed by atoms with E-state index in [2.05, 4.69) is 0 Å². The summed E-state index contributed by atoms with van der Waals surface area (Å²) >= 11 is 5.74. The molecule has 0 saturated heterocycles. The van der Waals surface area contributed by atoms with Gasteiger partial charge in [-0.15, -0.1) is 11.6 Å². The smallest absolute Gasteiger partial charge is 0.338 e. The van der Waals surface area contributed by atoms with Crippen LogP contribution in [0, 0.1) is 0 Å². The summed E-state index contributed by atoms with van der Waals surface area (Å²) < 4.78 is 9.95. The van der Waals surface area contributed by atoms with E-state index in [-0.39, 0.29) is 11.8 Å². The highest BCUT2D eigenvalue weighted by molar-refractivity contribution is 6.17. The Morgan fingerprint density at radius 3 is 2.73 bits per heavy atom. The third-order valence-corrected chi connectivity index (χ3v) is 2.24. The Balaban J connectivity index is 3.02. The van der Waals surface area contributed by atoms with Gasteiger partial charge in [-0.3, -0.25) is 0 Å². The van der Waals surface area contributed by atoms with Gasteiger partial charge in [0.1, 0.15) is 5.75 Å². The van der Waals surface area contributed by atoms with Gasteiger partial charge in [-0.2, -0.15) is 0 Å². The average molecular weight is 229 g/mol. The lowest BCUT2D eigenvalue weighted by Crippen LogP contribution is -2.07. The molecule has 1 rings (SSSR count). The molecular formula is C11H13ClO3. The lowest BCUT2D eigenvalue weighted by Gasteiger charge is -2.08. The molecule has 0 aliphatic heterocycles. The normalized spacial score (nSPS) is 9.80. The number of halogens is 1. The molecule has 0 aliphatic carbocycles. The molecular weight excluding hydrogens is 216 g/mol. The highest BCUT2D eigenvalue weighted by Crippen LogP contribution is 2.20. The minimum Gasteiger partial charge on any atom is -0.497 e. The van der Waals surface area contributed by atoms with Gasteiger partial charge in [-0.25, -0.2) is 4.79 Å². The lowest BCUT2D eigenvalue weighted by atomic mass is 10.1. The molecule has 0 saturated carbocycles. The molecule has 15 heavy (non-hydrogen) atoms. The Hall–Kier alpha value is -1.22. The number of benzene rings is 1. The van der Waals surface area contributed by atoms with Gasteiger partial charge in [0, 0.05) is 5.88 Å². The van der Waals surface area contributed by atoms with E-state index in [0.29, 0.717) is 17.9 Å².